The molecule has 0 bridgehead atoms. The average molecular weight is 538 g/mol. The summed E-state index contributed by atoms with van der Waals surface area (Å²) in [5, 5.41) is 14.8. The zero-order chi connectivity index (χ0) is 27.0. The van der Waals surface area contributed by atoms with Crippen LogP contribution < -0.4 is 16.0 Å². The van der Waals surface area contributed by atoms with E-state index in [1.807, 2.05) is 41.9 Å². The van der Waals surface area contributed by atoms with Gasteiger partial charge in [-0.15, -0.1) is 0 Å². The summed E-state index contributed by atoms with van der Waals surface area (Å²) in [4.78, 5) is 19.7. The van der Waals surface area contributed by atoms with Gasteiger partial charge in [0, 0.05) is 68.3 Å². The second-order valence-electron chi connectivity index (χ2n) is 11.3. The van der Waals surface area contributed by atoms with Crippen LogP contribution in [0.3, 0.4) is 0 Å². The molecule has 1 aliphatic heterocycles. The molecule has 0 spiro atoms. The van der Waals surface area contributed by atoms with E-state index in [9.17, 15) is 13.6 Å². The monoisotopic (exact) mass is 537 g/mol. The third-order valence-electron chi connectivity index (χ3n) is 8.20. The summed E-state index contributed by atoms with van der Waals surface area (Å²) in [6, 6.07) is 8.57. The van der Waals surface area contributed by atoms with E-state index in [-0.39, 0.29) is 18.7 Å². The fraction of sp³-hybridized carbons (Fsp3) is 0.552. The molecule has 3 heterocycles. The van der Waals surface area contributed by atoms with Gasteiger partial charge in [-0.25, -0.2) is 13.8 Å². The molecule has 8 nitrogen and oxygen atoms in total. The number of hydrogen-bond acceptors (Lipinski definition) is 6. The zero-order valence-electron chi connectivity index (χ0n) is 22.5. The Balaban J connectivity index is 1.25. The molecular weight excluding hydrogens is 500 g/mol. The van der Waals surface area contributed by atoms with E-state index in [4.69, 9.17) is 4.98 Å². The third kappa shape index (κ3) is 6.00. The Morgan fingerprint density at radius 3 is 2.56 bits per heavy atom. The summed E-state index contributed by atoms with van der Waals surface area (Å²) in [5.41, 5.74) is 4.18. The molecule has 10 heteroatoms. The number of likely N-dealkylation sites (tertiary alicyclic amines) is 1. The SMILES string of the molecule is Cc1cc(-c2cnn3c(NCCN4CCC(F)(F)CC4)cc(NC4CCCC4)nc23)ccc1C(=O)NC1CC1. The van der Waals surface area contributed by atoms with Gasteiger partial charge < -0.3 is 20.9 Å². The number of fused-ring (bicyclic) bond motifs is 1. The third-order valence-corrected chi connectivity index (χ3v) is 8.20. The lowest BCUT2D eigenvalue weighted by atomic mass is 10.0. The Morgan fingerprint density at radius 2 is 1.85 bits per heavy atom. The van der Waals surface area contributed by atoms with Crippen molar-refractivity contribution in [1.82, 2.24) is 24.8 Å². The topological polar surface area (TPSA) is 86.6 Å². The van der Waals surface area contributed by atoms with Crippen molar-refractivity contribution in [3.8, 4) is 11.1 Å². The van der Waals surface area contributed by atoms with Gasteiger partial charge >= 0.3 is 0 Å². The van der Waals surface area contributed by atoms with Gasteiger partial charge in [-0.1, -0.05) is 25.0 Å². The molecule has 0 atom stereocenters. The molecule has 6 rings (SSSR count). The lowest BCUT2D eigenvalue weighted by molar-refractivity contribution is -0.0543. The summed E-state index contributed by atoms with van der Waals surface area (Å²) >= 11 is 0. The number of amides is 1. The van der Waals surface area contributed by atoms with Crippen LogP contribution in [0, 0.1) is 6.92 Å². The molecule has 3 aliphatic rings. The van der Waals surface area contributed by atoms with Crippen molar-refractivity contribution in [3.05, 3.63) is 41.6 Å². The fourth-order valence-electron chi connectivity index (χ4n) is 5.67. The Kier molecular flexibility index (Phi) is 7.14. The Bertz CT molecular complexity index is 1340. The maximum Gasteiger partial charge on any atom is 0.251 e. The van der Waals surface area contributed by atoms with Gasteiger partial charge in [0.2, 0.25) is 0 Å². The number of anilines is 2. The number of carbonyl (C=O) groups is 1. The minimum absolute atomic E-state index is 0.0218. The number of carbonyl (C=O) groups excluding carboxylic acids is 1. The number of aryl methyl sites for hydroxylation is 1. The molecule has 1 aromatic carbocycles. The first-order valence-corrected chi connectivity index (χ1v) is 14.3. The van der Waals surface area contributed by atoms with Crippen molar-refractivity contribution in [2.24, 2.45) is 0 Å². The van der Waals surface area contributed by atoms with Crippen molar-refractivity contribution in [2.75, 3.05) is 36.8 Å². The smallest absolute Gasteiger partial charge is 0.251 e. The minimum atomic E-state index is -2.54. The first-order valence-electron chi connectivity index (χ1n) is 14.3. The van der Waals surface area contributed by atoms with Crippen molar-refractivity contribution < 1.29 is 13.6 Å². The van der Waals surface area contributed by atoms with Gasteiger partial charge in [0.05, 0.1) is 6.20 Å². The highest BCUT2D eigenvalue weighted by Crippen LogP contribution is 2.31. The number of nitrogens with zero attached hydrogens (tertiary/aromatic N) is 4. The van der Waals surface area contributed by atoms with Crippen LogP contribution in [0.15, 0.2) is 30.5 Å². The van der Waals surface area contributed by atoms with Gasteiger partial charge in [0.1, 0.15) is 11.6 Å². The molecule has 1 saturated heterocycles. The molecule has 3 fully saturated rings. The number of benzene rings is 1. The zero-order valence-corrected chi connectivity index (χ0v) is 22.5. The van der Waals surface area contributed by atoms with Crippen LogP contribution in [0.4, 0.5) is 20.4 Å². The molecule has 3 N–H and O–H groups in total. The van der Waals surface area contributed by atoms with Gasteiger partial charge in [-0.05, 0) is 49.8 Å². The largest absolute Gasteiger partial charge is 0.369 e. The summed E-state index contributed by atoms with van der Waals surface area (Å²) in [7, 11) is 0. The van der Waals surface area contributed by atoms with E-state index in [2.05, 4.69) is 25.9 Å². The van der Waals surface area contributed by atoms with Crippen molar-refractivity contribution >= 4 is 23.2 Å². The summed E-state index contributed by atoms with van der Waals surface area (Å²) < 4.78 is 28.9. The molecule has 0 unspecified atom stereocenters. The summed E-state index contributed by atoms with van der Waals surface area (Å²) in [5.74, 6) is -0.948. The second-order valence-corrected chi connectivity index (χ2v) is 11.3. The number of aromatic nitrogens is 3. The van der Waals surface area contributed by atoms with E-state index >= 15 is 0 Å². The predicted octanol–water partition coefficient (Wildman–Crippen LogP) is 5.09. The van der Waals surface area contributed by atoms with E-state index < -0.39 is 5.92 Å². The highest BCUT2D eigenvalue weighted by atomic mass is 19.3. The molecule has 2 aliphatic carbocycles. The van der Waals surface area contributed by atoms with Crippen LogP contribution in [0.2, 0.25) is 0 Å². The maximum absolute atomic E-state index is 13.5. The van der Waals surface area contributed by atoms with Crippen LogP contribution >= 0.6 is 0 Å². The Labute approximate surface area is 227 Å². The van der Waals surface area contributed by atoms with Gasteiger partial charge in [0.25, 0.3) is 11.8 Å². The van der Waals surface area contributed by atoms with Crippen LogP contribution in [0.25, 0.3) is 16.8 Å². The quantitative estimate of drug-likeness (QED) is 0.352. The standard InChI is InChI=1S/C29H37F2N7O/c1-19-16-20(6-9-23(19)28(39)35-22-7-8-22)24-18-33-38-26(32-12-15-37-13-10-29(30,31)11-14-37)17-25(36-27(24)38)34-21-4-2-3-5-21/h6,9,16-18,21-22,32H,2-5,7-8,10-15H2,1H3,(H,34,36)(H,35,39). The van der Waals surface area contributed by atoms with Gasteiger partial charge in [0.15, 0.2) is 5.65 Å². The first-order chi connectivity index (χ1) is 18.8. The summed E-state index contributed by atoms with van der Waals surface area (Å²) in [6.07, 6.45) is 8.47. The molecule has 2 aromatic heterocycles. The van der Waals surface area contributed by atoms with Crippen molar-refractivity contribution in [3.63, 3.8) is 0 Å². The highest BCUT2D eigenvalue weighted by molar-refractivity contribution is 5.97. The molecule has 39 heavy (non-hydrogen) atoms. The highest BCUT2D eigenvalue weighted by Gasteiger charge is 2.33. The van der Waals surface area contributed by atoms with E-state index in [1.54, 1.807) is 0 Å². The number of alkyl halides is 2. The van der Waals surface area contributed by atoms with Crippen molar-refractivity contribution in [1.29, 1.82) is 0 Å². The lowest BCUT2D eigenvalue weighted by Gasteiger charge is -2.31. The lowest BCUT2D eigenvalue weighted by Crippen LogP contribution is -2.41. The first kappa shape index (κ1) is 26.0. The predicted molar refractivity (Wildman–Crippen MR) is 149 cm³/mol. The molecule has 2 saturated carbocycles. The normalized spacial score (nSPS) is 19.9. The number of halogens is 2. The molecular formula is C29H37F2N7O. The van der Waals surface area contributed by atoms with Crippen LogP contribution in [-0.4, -0.2) is 69.6 Å². The molecule has 0 radical (unpaired) electrons. The Hall–Kier alpha value is -3.27. The number of piperidine rings is 1. The van der Waals surface area contributed by atoms with E-state index in [0.29, 0.717) is 43.8 Å². The number of rotatable bonds is 9. The number of hydrogen-bond donors (Lipinski definition) is 3. The summed E-state index contributed by atoms with van der Waals surface area (Å²) in [6.45, 7) is 4.08. The van der Waals surface area contributed by atoms with Crippen molar-refractivity contribution in [2.45, 2.75) is 76.3 Å². The van der Waals surface area contributed by atoms with E-state index in [0.717, 1.165) is 59.7 Å². The second kappa shape index (κ2) is 10.7. The average Bonchev–Trinajstić information content (AvgIpc) is 3.38. The minimum Gasteiger partial charge on any atom is -0.369 e. The van der Waals surface area contributed by atoms with Crippen LogP contribution in [-0.2, 0) is 0 Å². The Morgan fingerprint density at radius 1 is 1.08 bits per heavy atom. The number of nitrogens with one attached hydrogen (secondary N) is 3. The maximum atomic E-state index is 13.5. The van der Waals surface area contributed by atoms with Gasteiger partial charge in [-0.2, -0.15) is 9.61 Å². The molecule has 208 valence electrons. The van der Waals surface area contributed by atoms with Crippen LogP contribution in [0.1, 0.15) is 67.3 Å². The molecule has 3 aromatic rings. The van der Waals surface area contributed by atoms with Gasteiger partial charge in [-0.3, -0.25) is 4.79 Å². The fourth-order valence-corrected chi connectivity index (χ4v) is 5.67. The van der Waals surface area contributed by atoms with E-state index in [1.165, 1.54) is 12.8 Å². The molecule has 1 amide bonds. The van der Waals surface area contributed by atoms with Crippen LogP contribution in [0.5, 0.6) is 0 Å².